The van der Waals surface area contributed by atoms with Gasteiger partial charge >= 0.3 is 0 Å². The number of allylic oxidation sites excluding steroid dienone is 2. The maximum atomic E-state index is 14.8. The number of anilines is 1. The van der Waals surface area contributed by atoms with Crippen LogP contribution >= 0.6 is 0 Å². The summed E-state index contributed by atoms with van der Waals surface area (Å²) in [6.07, 6.45) is 3.38. The summed E-state index contributed by atoms with van der Waals surface area (Å²) < 4.78 is 46.8. The SMILES string of the molecule is CC1C=C([C@@H](C)Nc2ncnc3c2CC(N2CC4(COC4)C2)CC3)C(F)=C(C(F)F)C1. The minimum absolute atomic E-state index is 0.0622. The fraction of sp³-hybridized carbons (Fsp3) is 0.652. The van der Waals surface area contributed by atoms with Crippen LogP contribution in [0.15, 0.2) is 29.4 Å². The van der Waals surface area contributed by atoms with Gasteiger partial charge in [0.25, 0.3) is 6.43 Å². The molecule has 1 aromatic heterocycles. The van der Waals surface area contributed by atoms with E-state index in [9.17, 15) is 13.2 Å². The lowest BCUT2D eigenvalue weighted by molar-refractivity contribution is -0.199. The Morgan fingerprint density at radius 3 is 2.68 bits per heavy atom. The van der Waals surface area contributed by atoms with Crippen LogP contribution in [0.25, 0.3) is 0 Å². The number of alkyl halides is 2. The molecule has 1 aromatic rings. The van der Waals surface area contributed by atoms with E-state index in [1.165, 1.54) is 6.33 Å². The average Bonchev–Trinajstić information content (AvgIpc) is 2.67. The predicted octanol–water partition coefficient (Wildman–Crippen LogP) is 3.92. The molecule has 5 nitrogen and oxygen atoms in total. The lowest BCUT2D eigenvalue weighted by Gasteiger charge is -2.58. The van der Waals surface area contributed by atoms with Crippen molar-refractivity contribution >= 4 is 5.82 Å². The Balaban J connectivity index is 1.33. The van der Waals surface area contributed by atoms with E-state index in [1.807, 2.05) is 6.92 Å². The molecule has 2 fully saturated rings. The van der Waals surface area contributed by atoms with E-state index in [-0.39, 0.29) is 12.3 Å². The second-order valence-corrected chi connectivity index (χ2v) is 9.75. The van der Waals surface area contributed by atoms with Gasteiger partial charge in [-0.2, -0.15) is 0 Å². The number of aromatic nitrogens is 2. The number of fused-ring (bicyclic) bond motifs is 1. The van der Waals surface area contributed by atoms with Crippen LogP contribution < -0.4 is 5.32 Å². The van der Waals surface area contributed by atoms with Crippen LogP contribution in [0.2, 0.25) is 0 Å². The number of aryl methyl sites for hydroxylation is 1. The van der Waals surface area contributed by atoms with Gasteiger partial charge in [-0.25, -0.2) is 23.1 Å². The van der Waals surface area contributed by atoms with E-state index >= 15 is 0 Å². The summed E-state index contributed by atoms with van der Waals surface area (Å²) in [7, 11) is 0. The van der Waals surface area contributed by atoms with Crippen molar-refractivity contribution in [3.63, 3.8) is 0 Å². The molecule has 3 atom stereocenters. The summed E-state index contributed by atoms with van der Waals surface area (Å²) >= 11 is 0. The van der Waals surface area contributed by atoms with E-state index in [0.29, 0.717) is 22.8 Å². The van der Waals surface area contributed by atoms with E-state index in [2.05, 4.69) is 20.2 Å². The maximum Gasteiger partial charge on any atom is 0.263 e. The molecule has 2 unspecified atom stereocenters. The Hall–Kier alpha value is -1.93. The average molecular weight is 435 g/mol. The quantitative estimate of drug-likeness (QED) is 0.761. The Morgan fingerprint density at radius 2 is 2.00 bits per heavy atom. The third-order valence-corrected chi connectivity index (χ3v) is 7.22. The first-order valence-electron chi connectivity index (χ1n) is 11.1. The zero-order valence-electron chi connectivity index (χ0n) is 18.0. The first kappa shape index (κ1) is 20.9. The third kappa shape index (κ3) is 3.78. The Labute approximate surface area is 180 Å². The first-order valence-corrected chi connectivity index (χ1v) is 11.1. The molecule has 0 bridgehead atoms. The van der Waals surface area contributed by atoms with Crippen LogP contribution in [0, 0.1) is 11.3 Å². The molecule has 5 rings (SSSR count). The van der Waals surface area contributed by atoms with Crippen LogP contribution in [-0.2, 0) is 17.6 Å². The summed E-state index contributed by atoms with van der Waals surface area (Å²) in [5, 5.41) is 3.31. The molecule has 2 saturated heterocycles. The number of likely N-dealkylation sites (tertiary alicyclic amines) is 1. The molecule has 31 heavy (non-hydrogen) atoms. The van der Waals surface area contributed by atoms with E-state index in [0.717, 1.165) is 56.8 Å². The monoisotopic (exact) mass is 434 g/mol. The Bertz CT molecular complexity index is 919. The molecule has 0 amide bonds. The molecule has 0 radical (unpaired) electrons. The first-order chi connectivity index (χ1) is 14.8. The van der Waals surface area contributed by atoms with E-state index < -0.39 is 23.9 Å². The number of nitrogens with one attached hydrogen (secondary N) is 1. The lowest BCUT2D eigenvalue weighted by atomic mass is 9.75. The van der Waals surface area contributed by atoms with Crippen molar-refractivity contribution in [2.24, 2.45) is 11.3 Å². The summed E-state index contributed by atoms with van der Waals surface area (Å²) in [6, 6.07) is -0.0214. The Kier molecular flexibility index (Phi) is 5.33. The highest BCUT2D eigenvalue weighted by Crippen LogP contribution is 2.41. The molecule has 0 saturated carbocycles. The summed E-state index contributed by atoms with van der Waals surface area (Å²) in [6.45, 7) is 7.54. The van der Waals surface area contributed by atoms with Crippen molar-refractivity contribution in [3.05, 3.63) is 40.6 Å². The molecule has 8 heteroatoms. The van der Waals surface area contributed by atoms with Gasteiger partial charge in [-0.1, -0.05) is 13.0 Å². The van der Waals surface area contributed by atoms with Crippen LogP contribution in [-0.4, -0.2) is 59.7 Å². The van der Waals surface area contributed by atoms with Crippen molar-refractivity contribution in [3.8, 4) is 0 Å². The van der Waals surface area contributed by atoms with Gasteiger partial charge in [0.2, 0.25) is 0 Å². The number of hydrogen-bond donors (Lipinski definition) is 1. The van der Waals surface area contributed by atoms with Gasteiger partial charge < -0.3 is 10.1 Å². The smallest absolute Gasteiger partial charge is 0.263 e. The summed E-state index contributed by atoms with van der Waals surface area (Å²) in [4.78, 5) is 11.4. The number of hydrogen-bond acceptors (Lipinski definition) is 5. The minimum atomic E-state index is -2.77. The van der Waals surface area contributed by atoms with Gasteiger partial charge in [0.15, 0.2) is 0 Å². The largest absolute Gasteiger partial charge is 0.380 e. The highest BCUT2D eigenvalue weighted by molar-refractivity contribution is 5.52. The van der Waals surface area contributed by atoms with Crippen LogP contribution in [0.5, 0.6) is 0 Å². The van der Waals surface area contributed by atoms with E-state index in [1.54, 1.807) is 13.0 Å². The maximum absolute atomic E-state index is 14.8. The molecule has 168 valence electrons. The molecular weight excluding hydrogens is 405 g/mol. The molecule has 1 N–H and O–H groups in total. The Morgan fingerprint density at radius 1 is 1.23 bits per heavy atom. The highest BCUT2D eigenvalue weighted by Gasteiger charge is 2.51. The molecule has 1 spiro atoms. The molecule has 0 aromatic carbocycles. The van der Waals surface area contributed by atoms with Crippen molar-refractivity contribution in [1.29, 1.82) is 0 Å². The summed E-state index contributed by atoms with van der Waals surface area (Å²) in [5.74, 6) is -0.210. The molecule has 2 aliphatic heterocycles. The molecule has 4 aliphatic rings. The number of rotatable bonds is 5. The second-order valence-electron chi connectivity index (χ2n) is 9.75. The van der Waals surface area contributed by atoms with Gasteiger partial charge in [0.1, 0.15) is 18.0 Å². The van der Waals surface area contributed by atoms with Crippen molar-refractivity contribution in [2.75, 3.05) is 31.6 Å². The molecule has 3 heterocycles. The van der Waals surface area contributed by atoms with Gasteiger partial charge in [0, 0.05) is 46.9 Å². The van der Waals surface area contributed by atoms with Crippen molar-refractivity contribution in [1.82, 2.24) is 14.9 Å². The van der Waals surface area contributed by atoms with Gasteiger partial charge in [-0.15, -0.1) is 0 Å². The fourth-order valence-corrected chi connectivity index (χ4v) is 5.47. The fourth-order valence-electron chi connectivity index (χ4n) is 5.47. The zero-order valence-corrected chi connectivity index (χ0v) is 18.0. The number of halogens is 3. The van der Waals surface area contributed by atoms with Gasteiger partial charge in [-0.05, 0) is 38.5 Å². The number of nitrogens with zero attached hydrogens (tertiary/aromatic N) is 3. The van der Waals surface area contributed by atoms with E-state index in [4.69, 9.17) is 4.74 Å². The second kappa shape index (κ2) is 7.89. The lowest BCUT2D eigenvalue weighted by Crippen LogP contribution is -2.68. The summed E-state index contributed by atoms with van der Waals surface area (Å²) in [5.41, 5.74) is 2.37. The minimum Gasteiger partial charge on any atom is -0.380 e. The van der Waals surface area contributed by atoms with Crippen molar-refractivity contribution in [2.45, 2.75) is 58.0 Å². The third-order valence-electron chi connectivity index (χ3n) is 7.22. The van der Waals surface area contributed by atoms with Gasteiger partial charge in [0.05, 0.1) is 19.3 Å². The zero-order chi connectivity index (χ0) is 21.8. The highest BCUT2D eigenvalue weighted by atomic mass is 19.3. The molecular formula is C23H29F3N4O. The standard InChI is InChI=1S/C23H29F3N4O/c1-13-5-16(20(24)18(6-13)21(25)26)14(2)29-22-17-7-15(3-4-19(17)27-12-28-22)30-8-23(9-30)10-31-11-23/h5,12-15,21H,3-4,6-11H2,1-2H3,(H,27,28,29)/t13?,14-,15?/m1/s1. The van der Waals surface area contributed by atoms with Gasteiger partial charge in [-0.3, -0.25) is 4.90 Å². The van der Waals surface area contributed by atoms with Crippen molar-refractivity contribution < 1.29 is 17.9 Å². The van der Waals surface area contributed by atoms with Crippen LogP contribution in [0.1, 0.15) is 37.9 Å². The van der Waals surface area contributed by atoms with Crippen LogP contribution in [0.3, 0.4) is 0 Å². The van der Waals surface area contributed by atoms with Crippen LogP contribution in [0.4, 0.5) is 19.0 Å². The topological polar surface area (TPSA) is 50.3 Å². The molecule has 2 aliphatic carbocycles. The normalized spacial score (nSPS) is 28.6. The predicted molar refractivity (Wildman–Crippen MR) is 112 cm³/mol. The number of ether oxygens (including phenoxy) is 1.